The van der Waals surface area contributed by atoms with Gasteiger partial charge in [0.05, 0.1) is 17.1 Å². The minimum atomic E-state index is -0.349. The van der Waals surface area contributed by atoms with Crippen LogP contribution >= 0.6 is 0 Å². The number of amides is 2. The molecule has 0 fully saturated rings. The lowest BCUT2D eigenvalue weighted by atomic mass is 10.2. The van der Waals surface area contributed by atoms with Crippen LogP contribution in [0.3, 0.4) is 0 Å². The molecule has 2 amide bonds. The van der Waals surface area contributed by atoms with E-state index in [1.54, 1.807) is 12.1 Å². The molecule has 0 saturated carbocycles. The molecule has 1 heterocycles. The number of imidazole rings is 1. The smallest absolute Gasteiger partial charge is 0.251 e. The van der Waals surface area contributed by atoms with Crippen molar-refractivity contribution in [2.24, 2.45) is 5.92 Å². The van der Waals surface area contributed by atoms with Crippen molar-refractivity contribution in [3.8, 4) is 0 Å². The maximum absolute atomic E-state index is 12.5. The molecular weight excluding hydrogens is 352 g/mol. The van der Waals surface area contributed by atoms with E-state index in [2.05, 4.69) is 29.5 Å². The first kappa shape index (κ1) is 19.6. The average Bonchev–Trinajstić information content (AvgIpc) is 3.05. The summed E-state index contributed by atoms with van der Waals surface area (Å²) in [5, 5.41) is 5.93. The Morgan fingerprint density at radius 1 is 1.00 bits per heavy atom. The van der Waals surface area contributed by atoms with Crippen LogP contribution in [0.4, 0.5) is 0 Å². The second-order valence-corrected chi connectivity index (χ2v) is 7.30. The fourth-order valence-electron chi connectivity index (χ4n) is 3.04. The molecule has 3 rings (SSSR count). The number of hydrogen-bond acceptors (Lipinski definition) is 3. The summed E-state index contributed by atoms with van der Waals surface area (Å²) in [7, 11) is 0. The van der Waals surface area contributed by atoms with E-state index < -0.39 is 0 Å². The molecule has 0 bridgehead atoms. The third-order valence-electron chi connectivity index (χ3n) is 4.46. The number of nitrogens with zero attached hydrogens (tertiary/aromatic N) is 2. The van der Waals surface area contributed by atoms with Crippen LogP contribution in [0.2, 0.25) is 0 Å². The molecule has 0 saturated heterocycles. The topological polar surface area (TPSA) is 76.0 Å². The molecule has 2 aromatic carbocycles. The predicted octanol–water partition coefficient (Wildman–Crippen LogP) is 3.30. The quantitative estimate of drug-likeness (QED) is 0.662. The van der Waals surface area contributed by atoms with Crippen LogP contribution in [0.5, 0.6) is 0 Å². The van der Waals surface area contributed by atoms with Gasteiger partial charge in [-0.1, -0.05) is 44.2 Å². The highest BCUT2D eigenvalue weighted by atomic mass is 16.2. The first-order valence-corrected chi connectivity index (χ1v) is 9.53. The predicted molar refractivity (Wildman–Crippen MR) is 110 cm³/mol. The highest BCUT2D eigenvalue weighted by Gasteiger charge is 2.20. The fourth-order valence-corrected chi connectivity index (χ4v) is 3.04. The molecule has 146 valence electrons. The summed E-state index contributed by atoms with van der Waals surface area (Å²) in [5.41, 5.74) is 2.26. The summed E-state index contributed by atoms with van der Waals surface area (Å²) in [6.45, 7) is 6.78. The summed E-state index contributed by atoms with van der Waals surface area (Å²) < 4.78 is 1.88. The average molecular weight is 378 g/mol. The lowest BCUT2D eigenvalue weighted by molar-refractivity contribution is -0.121. The molecular formula is C22H26N4O2. The highest BCUT2D eigenvalue weighted by Crippen LogP contribution is 2.21. The van der Waals surface area contributed by atoms with Gasteiger partial charge in [-0.2, -0.15) is 0 Å². The maximum Gasteiger partial charge on any atom is 0.251 e. The zero-order valence-corrected chi connectivity index (χ0v) is 16.5. The summed E-state index contributed by atoms with van der Waals surface area (Å²) >= 11 is 0. The number of hydrogen-bond donors (Lipinski definition) is 2. The molecule has 6 nitrogen and oxygen atoms in total. The first-order chi connectivity index (χ1) is 13.5. The van der Waals surface area contributed by atoms with Gasteiger partial charge in [0.2, 0.25) is 5.91 Å². The fraction of sp³-hybridized carbons (Fsp3) is 0.318. The van der Waals surface area contributed by atoms with Crippen molar-refractivity contribution in [3.05, 3.63) is 66.0 Å². The van der Waals surface area contributed by atoms with Crippen molar-refractivity contribution in [1.29, 1.82) is 0 Å². The summed E-state index contributed by atoms with van der Waals surface area (Å²) in [5.74, 6) is 0.799. The van der Waals surface area contributed by atoms with Crippen LogP contribution < -0.4 is 10.6 Å². The molecule has 3 aromatic rings. The lowest BCUT2D eigenvalue weighted by Crippen LogP contribution is -2.33. The van der Waals surface area contributed by atoms with Gasteiger partial charge in [0, 0.05) is 12.1 Å². The molecule has 0 aliphatic carbocycles. The number of nitrogens with one attached hydrogen (secondary N) is 2. The number of rotatable bonds is 7. The van der Waals surface area contributed by atoms with Crippen molar-refractivity contribution in [2.75, 3.05) is 6.54 Å². The third-order valence-corrected chi connectivity index (χ3v) is 4.46. The number of carbonyl (C=O) groups is 2. The van der Waals surface area contributed by atoms with Crippen LogP contribution in [0.1, 0.15) is 43.0 Å². The van der Waals surface area contributed by atoms with Gasteiger partial charge in [-0.25, -0.2) is 4.98 Å². The van der Waals surface area contributed by atoms with Crippen molar-refractivity contribution >= 4 is 22.8 Å². The Hall–Kier alpha value is -3.15. The second-order valence-electron chi connectivity index (χ2n) is 7.30. The molecule has 28 heavy (non-hydrogen) atoms. The van der Waals surface area contributed by atoms with Crippen molar-refractivity contribution < 1.29 is 9.59 Å². The van der Waals surface area contributed by atoms with Gasteiger partial charge in [0.25, 0.3) is 5.91 Å². The molecule has 2 N–H and O–H groups in total. The molecule has 6 heteroatoms. The van der Waals surface area contributed by atoms with E-state index in [0.717, 1.165) is 11.0 Å². The van der Waals surface area contributed by atoms with E-state index in [4.69, 9.17) is 0 Å². The van der Waals surface area contributed by atoms with Gasteiger partial charge in [-0.15, -0.1) is 0 Å². The summed E-state index contributed by atoms with van der Waals surface area (Å²) in [6, 6.07) is 16.4. The summed E-state index contributed by atoms with van der Waals surface area (Å²) in [6.07, 6.45) is 0. The Balaban J connectivity index is 1.85. The van der Waals surface area contributed by atoms with Crippen molar-refractivity contribution in [3.63, 3.8) is 0 Å². The Labute approximate surface area is 165 Å². The molecule has 0 aliphatic rings. The van der Waals surface area contributed by atoms with Gasteiger partial charge in [0.15, 0.2) is 0 Å². The summed E-state index contributed by atoms with van der Waals surface area (Å²) in [4.78, 5) is 29.6. The number of carbonyl (C=O) groups excluding carboxylic acids is 2. The van der Waals surface area contributed by atoms with Gasteiger partial charge in [0.1, 0.15) is 12.4 Å². The maximum atomic E-state index is 12.5. The number of para-hydroxylation sites is 2. The van der Waals surface area contributed by atoms with E-state index in [-0.39, 0.29) is 24.4 Å². The number of fused-ring (bicyclic) bond motifs is 1. The second kappa shape index (κ2) is 8.69. The SMILES string of the molecule is CC(C)CNC(=O)Cn1c(C(C)NC(=O)c2ccccc2)nc2ccccc21. The van der Waals surface area contributed by atoms with E-state index in [0.29, 0.717) is 23.9 Å². The van der Waals surface area contributed by atoms with Crippen molar-refractivity contribution in [1.82, 2.24) is 20.2 Å². The van der Waals surface area contributed by atoms with Gasteiger partial charge >= 0.3 is 0 Å². The van der Waals surface area contributed by atoms with Crippen LogP contribution in [0.15, 0.2) is 54.6 Å². The Bertz CT molecular complexity index is 963. The molecule has 1 aromatic heterocycles. The number of aromatic nitrogens is 2. The van der Waals surface area contributed by atoms with E-state index in [1.165, 1.54) is 0 Å². The van der Waals surface area contributed by atoms with Crippen LogP contribution in [0, 0.1) is 5.92 Å². The van der Waals surface area contributed by atoms with Crippen LogP contribution in [-0.4, -0.2) is 27.9 Å². The minimum absolute atomic E-state index is 0.0697. The normalized spacial score (nSPS) is 12.1. The van der Waals surface area contributed by atoms with E-state index in [9.17, 15) is 9.59 Å². The van der Waals surface area contributed by atoms with Crippen molar-refractivity contribution in [2.45, 2.75) is 33.4 Å². The molecule has 0 radical (unpaired) electrons. The number of benzene rings is 2. The van der Waals surface area contributed by atoms with E-state index >= 15 is 0 Å². The monoisotopic (exact) mass is 378 g/mol. The van der Waals surface area contributed by atoms with E-state index in [1.807, 2.05) is 54.0 Å². The Morgan fingerprint density at radius 2 is 1.68 bits per heavy atom. The van der Waals surface area contributed by atoms with Crippen LogP contribution in [0.25, 0.3) is 11.0 Å². The zero-order valence-electron chi connectivity index (χ0n) is 16.5. The largest absolute Gasteiger partial charge is 0.354 e. The van der Waals surface area contributed by atoms with Gasteiger partial charge in [-0.05, 0) is 37.1 Å². The molecule has 0 aliphatic heterocycles. The molecule has 1 unspecified atom stereocenters. The van der Waals surface area contributed by atoms with Gasteiger partial charge in [-0.3, -0.25) is 9.59 Å². The Kier molecular flexibility index (Phi) is 6.09. The first-order valence-electron chi connectivity index (χ1n) is 9.53. The highest BCUT2D eigenvalue weighted by molar-refractivity contribution is 5.94. The van der Waals surface area contributed by atoms with Gasteiger partial charge < -0.3 is 15.2 Å². The Morgan fingerprint density at radius 3 is 2.39 bits per heavy atom. The molecule has 1 atom stereocenters. The standard InChI is InChI=1S/C22H26N4O2/c1-15(2)13-23-20(27)14-26-19-12-8-7-11-18(19)25-21(26)16(3)24-22(28)17-9-5-4-6-10-17/h4-12,15-16H,13-14H2,1-3H3,(H,23,27)(H,24,28). The third kappa shape index (κ3) is 4.57. The zero-order chi connectivity index (χ0) is 20.1. The molecule has 0 spiro atoms. The lowest BCUT2D eigenvalue weighted by Gasteiger charge is -2.17. The minimum Gasteiger partial charge on any atom is -0.354 e. The van der Waals surface area contributed by atoms with Crippen LogP contribution in [-0.2, 0) is 11.3 Å².